The maximum absolute atomic E-state index is 11.5. The Morgan fingerprint density at radius 1 is 1.28 bits per heavy atom. The maximum atomic E-state index is 11.5. The Kier molecular flexibility index (Phi) is 2.93. The summed E-state index contributed by atoms with van der Waals surface area (Å²) in [7, 11) is 0. The summed E-state index contributed by atoms with van der Waals surface area (Å²) < 4.78 is 1.70. The van der Waals surface area contributed by atoms with E-state index in [-0.39, 0.29) is 5.56 Å². The molecular weight excluding hydrogens is 234 g/mol. The molecule has 0 atom stereocenters. The highest BCUT2D eigenvalue weighted by Crippen LogP contribution is 2.19. The summed E-state index contributed by atoms with van der Waals surface area (Å²) in [4.78, 5) is 30.3. The molecule has 6 heteroatoms. The lowest BCUT2D eigenvalue weighted by molar-refractivity contribution is -0.131. The number of aliphatic carboxylic acids is 1. The van der Waals surface area contributed by atoms with Crippen molar-refractivity contribution in [3.05, 3.63) is 41.6 Å². The van der Waals surface area contributed by atoms with Crippen molar-refractivity contribution in [3.63, 3.8) is 0 Å². The van der Waals surface area contributed by atoms with E-state index in [1.165, 1.54) is 6.20 Å². The van der Waals surface area contributed by atoms with Gasteiger partial charge in [0.15, 0.2) is 5.82 Å². The van der Waals surface area contributed by atoms with Gasteiger partial charge >= 0.3 is 5.97 Å². The van der Waals surface area contributed by atoms with Crippen LogP contribution in [0.25, 0.3) is 5.82 Å². The van der Waals surface area contributed by atoms with E-state index in [0.717, 1.165) is 5.69 Å². The molecule has 0 saturated heterocycles. The van der Waals surface area contributed by atoms with Crippen LogP contribution in [0, 0.1) is 13.8 Å². The molecule has 1 N–H and O–H groups in total. The van der Waals surface area contributed by atoms with Crippen molar-refractivity contribution in [1.29, 1.82) is 0 Å². The van der Waals surface area contributed by atoms with Crippen LogP contribution in [0.15, 0.2) is 24.7 Å². The van der Waals surface area contributed by atoms with Crippen molar-refractivity contribution in [2.75, 3.05) is 0 Å². The van der Waals surface area contributed by atoms with Crippen LogP contribution in [-0.2, 0) is 4.79 Å². The van der Waals surface area contributed by atoms with Crippen LogP contribution < -0.4 is 0 Å². The molecule has 2 rings (SSSR count). The molecule has 2 aromatic heterocycles. The number of ketones is 1. The Hall–Kier alpha value is -2.50. The Morgan fingerprint density at radius 2 is 2.00 bits per heavy atom. The third-order valence-electron chi connectivity index (χ3n) is 2.65. The number of Topliss-reactive ketones (excluding diaryl/α,β-unsaturated/α-hetero) is 1. The molecule has 0 aliphatic rings. The largest absolute Gasteiger partial charge is 0.475 e. The Labute approximate surface area is 103 Å². The SMILES string of the molecule is Cc1cc(C(=O)C(=O)O)c(C)n1-c1cnccn1. The molecule has 0 bridgehead atoms. The smallest absolute Gasteiger partial charge is 0.377 e. The number of aromatic nitrogens is 3. The Balaban J connectivity index is 2.58. The quantitative estimate of drug-likeness (QED) is 0.647. The van der Waals surface area contributed by atoms with Gasteiger partial charge in [0.05, 0.1) is 11.8 Å². The molecule has 0 aliphatic heterocycles. The third kappa shape index (κ3) is 1.88. The molecule has 0 saturated carbocycles. The van der Waals surface area contributed by atoms with Crippen LogP contribution in [0.1, 0.15) is 21.7 Å². The van der Waals surface area contributed by atoms with Gasteiger partial charge in [-0.2, -0.15) is 0 Å². The minimum atomic E-state index is -1.46. The lowest BCUT2D eigenvalue weighted by atomic mass is 10.1. The normalized spacial score (nSPS) is 10.3. The van der Waals surface area contributed by atoms with Gasteiger partial charge in [0.1, 0.15) is 0 Å². The minimum Gasteiger partial charge on any atom is -0.475 e. The molecule has 6 nitrogen and oxygen atoms in total. The van der Waals surface area contributed by atoms with Crippen molar-refractivity contribution in [1.82, 2.24) is 14.5 Å². The molecule has 0 unspecified atom stereocenters. The fraction of sp³-hybridized carbons (Fsp3) is 0.167. The number of hydrogen-bond acceptors (Lipinski definition) is 4. The molecule has 0 radical (unpaired) electrons. The van der Waals surface area contributed by atoms with Gasteiger partial charge in [-0.3, -0.25) is 9.78 Å². The molecule has 0 amide bonds. The van der Waals surface area contributed by atoms with E-state index in [0.29, 0.717) is 11.5 Å². The van der Waals surface area contributed by atoms with E-state index in [1.807, 2.05) is 0 Å². The second-order valence-electron chi connectivity index (χ2n) is 3.82. The van der Waals surface area contributed by atoms with Crippen LogP contribution in [0.3, 0.4) is 0 Å². The van der Waals surface area contributed by atoms with E-state index in [2.05, 4.69) is 9.97 Å². The predicted octanol–water partition coefficient (Wildman–Crippen LogP) is 1.15. The molecule has 2 heterocycles. The van der Waals surface area contributed by atoms with E-state index in [1.54, 1.807) is 36.9 Å². The van der Waals surface area contributed by atoms with Gasteiger partial charge in [0.25, 0.3) is 5.78 Å². The van der Waals surface area contributed by atoms with Gasteiger partial charge in [-0.1, -0.05) is 0 Å². The van der Waals surface area contributed by atoms with Gasteiger partial charge in [-0.25, -0.2) is 9.78 Å². The molecule has 18 heavy (non-hydrogen) atoms. The highest BCUT2D eigenvalue weighted by atomic mass is 16.4. The zero-order chi connectivity index (χ0) is 13.3. The number of carbonyl (C=O) groups excluding carboxylic acids is 1. The monoisotopic (exact) mass is 245 g/mol. The van der Waals surface area contributed by atoms with Crippen molar-refractivity contribution >= 4 is 11.8 Å². The topological polar surface area (TPSA) is 85.1 Å². The predicted molar refractivity (Wildman–Crippen MR) is 62.8 cm³/mol. The van der Waals surface area contributed by atoms with E-state index in [9.17, 15) is 9.59 Å². The van der Waals surface area contributed by atoms with Gasteiger partial charge in [-0.15, -0.1) is 0 Å². The highest BCUT2D eigenvalue weighted by molar-refractivity contribution is 6.40. The summed E-state index contributed by atoms with van der Waals surface area (Å²) in [6.45, 7) is 3.46. The van der Waals surface area contributed by atoms with Crippen molar-refractivity contribution < 1.29 is 14.7 Å². The number of hydrogen-bond donors (Lipinski definition) is 1. The number of nitrogens with zero attached hydrogens (tertiary/aromatic N) is 3. The fourth-order valence-electron chi connectivity index (χ4n) is 1.87. The first-order chi connectivity index (χ1) is 8.52. The summed E-state index contributed by atoms with van der Waals surface area (Å²) in [6.07, 6.45) is 4.63. The van der Waals surface area contributed by atoms with Gasteiger partial charge in [0, 0.05) is 23.8 Å². The van der Waals surface area contributed by atoms with E-state index >= 15 is 0 Å². The summed E-state index contributed by atoms with van der Waals surface area (Å²) in [5.74, 6) is -1.83. The minimum absolute atomic E-state index is 0.172. The van der Waals surface area contributed by atoms with E-state index in [4.69, 9.17) is 5.11 Å². The zero-order valence-electron chi connectivity index (χ0n) is 9.91. The molecule has 0 aromatic carbocycles. The van der Waals surface area contributed by atoms with Crippen LogP contribution >= 0.6 is 0 Å². The average Bonchev–Trinajstić information content (AvgIpc) is 2.65. The molecule has 92 valence electrons. The summed E-state index contributed by atoms with van der Waals surface area (Å²) in [5, 5.41) is 8.74. The second kappa shape index (κ2) is 4.40. The number of carboxylic acids is 1. The van der Waals surface area contributed by atoms with Gasteiger partial charge in [-0.05, 0) is 19.9 Å². The molecule has 0 aliphatic carbocycles. The van der Waals surface area contributed by atoms with Crippen molar-refractivity contribution in [2.24, 2.45) is 0 Å². The number of carbonyl (C=O) groups is 2. The Bertz CT molecular complexity index is 617. The number of aryl methyl sites for hydroxylation is 1. The molecule has 0 spiro atoms. The van der Waals surface area contributed by atoms with Gasteiger partial charge in [0.2, 0.25) is 0 Å². The third-order valence-corrected chi connectivity index (χ3v) is 2.65. The van der Waals surface area contributed by atoms with Crippen LogP contribution in [-0.4, -0.2) is 31.4 Å². The second-order valence-corrected chi connectivity index (χ2v) is 3.82. The highest BCUT2D eigenvalue weighted by Gasteiger charge is 2.22. The number of carboxylic acid groups (broad SMARTS) is 1. The fourth-order valence-corrected chi connectivity index (χ4v) is 1.87. The van der Waals surface area contributed by atoms with E-state index < -0.39 is 11.8 Å². The van der Waals surface area contributed by atoms with Crippen LogP contribution in [0.2, 0.25) is 0 Å². The first-order valence-electron chi connectivity index (χ1n) is 5.25. The Morgan fingerprint density at radius 3 is 2.56 bits per heavy atom. The average molecular weight is 245 g/mol. The van der Waals surface area contributed by atoms with Crippen LogP contribution in [0.4, 0.5) is 0 Å². The standard InChI is InChI=1S/C12H11N3O3/c1-7-5-9(11(16)12(17)18)8(2)15(7)10-6-13-3-4-14-10/h3-6H,1-2H3,(H,17,18). The lowest BCUT2D eigenvalue weighted by Gasteiger charge is -2.07. The first-order valence-corrected chi connectivity index (χ1v) is 5.25. The summed E-state index contributed by atoms with van der Waals surface area (Å²) >= 11 is 0. The maximum Gasteiger partial charge on any atom is 0.377 e. The van der Waals surface area contributed by atoms with Crippen molar-refractivity contribution in [3.8, 4) is 5.82 Å². The molecular formula is C12H11N3O3. The van der Waals surface area contributed by atoms with Gasteiger partial charge < -0.3 is 9.67 Å². The summed E-state index contributed by atoms with van der Waals surface area (Å²) in [6, 6.07) is 1.54. The molecule has 2 aromatic rings. The lowest BCUT2D eigenvalue weighted by Crippen LogP contribution is -2.13. The summed E-state index contributed by atoms with van der Waals surface area (Å²) in [5.41, 5.74) is 1.45. The molecule has 0 fully saturated rings. The van der Waals surface area contributed by atoms with Crippen molar-refractivity contribution in [2.45, 2.75) is 13.8 Å². The first kappa shape index (κ1) is 12.0. The van der Waals surface area contributed by atoms with Crippen LogP contribution in [0.5, 0.6) is 0 Å². The number of rotatable bonds is 3. The zero-order valence-corrected chi connectivity index (χ0v) is 9.91.